The molecule has 5 nitrogen and oxygen atoms in total. The van der Waals surface area contributed by atoms with Crippen LogP contribution in [0.3, 0.4) is 0 Å². The topological polar surface area (TPSA) is 61.1 Å². The van der Waals surface area contributed by atoms with Gasteiger partial charge in [-0.2, -0.15) is 0 Å². The van der Waals surface area contributed by atoms with Crippen molar-refractivity contribution in [2.75, 3.05) is 0 Å². The van der Waals surface area contributed by atoms with Gasteiger partial charge in [0.05, 0.1) is 5.56 Å². The normalized spacial score (nSPS) is 10.8. The molecule has 0 radical (unpaired) electrons. The summed E-state index contributed by atoms with van der Waals surface area (Å²) in [5.74, 6) is -0.260. The zero-order valence-electron chi connectivity index (χ0n) is 14.3. The minimum atomic E-state index is -0.585. The first-order chi connectivity index (χ1) is 11.6. The molecule has 1 aromatic carbocycles. The molecule has 2 aromatic rings. The number of unbranched alkanes of at least 4 members (excludes halogenated alkanes) is 4. The molecule has 5 heteroatoms. The lowest BCUT2D eigenvalue weighted by atomic mass is 10.1. The maximum atomic E-state index is 12.4. The number of nitrogens with zero attached hydrogens (tertiary/aromatic N) is 2. The van der Waals surface area contributed by atoms with E-state index in [4.69, 9.17) is 0 Å². The Hall–Kier alpha value is -2.43. The van der Waals surface area contributed by atoms with Gasteiger partial charge in [-0.25, -0.2) is 9.36 Å². The van der Waals surface area contributed by atoms with Gasteiger partial charge in [0.25, 0.3) is 5.56 Å². The van der Waals surface area contributed by atoms with Gasteiger partial charge in [0.15, 0.2) is 0 Å². The Balaban J connectivity index is 2.27. The summed E-state index contributed by atoms with van der Waals surface area (Å²) in [6.45, 7) is 2.14. The monoisotopic (exact) mass is 328 g/mol. The minimum Gasteiger partial charge on any atom is -0.274 e. The Morgan fingerprint density at radius 3 is 2.33 bits per heavy atom. The fraction of sp³-hybridized carbons (Fsp3) is 0.421. The van der Waals surface area contributed by atoms with Crippen molar-refractivity contribution in [2.24, 2.45) is 7.05 Å². The lowest BCUT2D eigenvalue weighted by molar-refractivity contribution is 0.0891. The predicted molar refractivity (Wildman–Crippen MR) is 95.4 cm³/mol. The zero-order chi connectivity index (χ0) is 17.5. The van der Waals surface area contributed by atoms with Crippen molar-refractivity contribution in [3.05, 3.63) is 57.4 Å². The second kappa shape index (κ2) is 8.43. The highest BCUT2D eigenvalue weighted by atomic mass is 16.2. The molecule has 0 saturated carbocycles. The summed E-state index contributed by atoms with van der Waals surface area (Å²) < 4.78 is 2.07. The van der Waals surface area contributed by atoms with Crippen LogP contribution >= 0.6 is 0 Å². The van der Waals surface area contributed by atoms with Crippen molar-refractivity contribution in [2.45, 2.75) is 45.4 Å². The van der Waals surface area contributed by atoms with Gasteiger partial charge in [0.2, 0.25) is 5.91 Å². The van der Waals surface area contributed by atoms with Crippen molar-refractivity contribution in [1.82, 2.24) is 9.13 Å². The maximum absolute atomic E-state index is 12.4. The van der Waals surface area contributed by atoms with Gasteiger partial charge < -0.3 is 0 Å². The fourth-order valence-electron chi connectivity index (χ4n) is 2.66. The van der Waals surface area contributed by atoms with E-state index in [1.807, 2.05) is 18.2 Å². The molecule has 0 bridgehead atoms. The van der Waals surface area contributed by atoms with Crippen LogP contribution in [0.2, 0.25) is 0 Å². The summed E-state index contributed by atoms with van der Waals surface area (Å²) in [6.07, 6.45) is 6.84. The van der Waals surface area contributed by atoms with E-state index >= 15 is 0 Å². The lowest BCUT2D eigenvalue weighted by Gasteiger charge is -2.10. The number of carbonyl (C=O) groups is 1. The van der Waals surface area contributed by atoms with E-state index < -0.39 is 11.2 Å². The summed E-state index contributed by atoms with van der Waals surface area (Å²) in [7, 11) is 1.40. The Labute approximate surface area is 141 Å². The highest BCUT2D eigenvalue weighted by Gasteiger charge is 2.14. The van der Waals surface area contributed by atoms with Crippen LogP contribution in [0.4, 0.5) is 0 Å². The molecule has 1 heterocycles. The summed E-state index contributed by atoms with van der Waals surface area (Å²) in [6, 6.07) is 9.08. The molecule has 0 aliphatic carbocycles. The molecular weight excluding hydrogens is 304 g/mol. The Bertz CT molecular complexity index is 804. The zero-order valence-corrected chi connectivity index (χ0v) is 14.3. The Morgan fingerprint density at radius 2 is 1.67 bits per heavy atom. The number of hydrogen-bond donors (Lipinski definition) is 0. The molecule has 1 aromatic heterocycles. The van der Waals surface area contributed by atoms with Gasteiger partial charge in [-0.05, 0) is 12.0 Å². The maximum Gasteiger partial charge on any atom is 0.337 e. The number of hydrogen-bond acceptors (Lipinski definition) is 3. The summed E-state index contributed by atoms with van der Waals surface area (Å²) in [4.78, 5) is 37.0. The van der Waals surface area contributed by atoms with E-state index in [2.05, 4.69) is 6.92 Å². The lowest BCUT2D eigenvalue weighted by Crippen LogP contribution is -2.40. The molecule has 0 unspecified atom stereocenters. The van der Waals surface area contributed by atoms with E-state index in [0.29, 0.717) is 17.5 Å². The number of rotatable bonds is 7. The van der Waals surface area contributed by atoms with E-state index in [9.17, 15) is 14.4 Å². The van der Waals surface area contributed by atoms with E-state index in [1.54, 1.807) is 12.1 Å². The second-order valence-electron chi connectivity index (χ2n) is 5.98. The molecule has 2 rings (SSSR count). The highest BCUT2D eigenvalue weighted by Crippen LogP contribution is 2.13. The van der Waals surface area contributed by atoms with Gasteiger partial charge >= 0.3 is 5.69 Å². The molecule has 0 aliphatic heterocycles. The Morgan fingerprint density at radius 1 is 1.00 bits per heavy atom. The Kier molecular flexibility index (Phi) is 6.29. The first kappa shape index (κ1) is 17.9. The van der Waals surface area contributed by atoms with E-state index in [-0.39, 0.29) is 5.91 Å². The molecule has 0 spiro atoms. The molecule has 0 aliphatic rings. The van der Waals surface area contributed by atoms with Crippen molar-refractivity contribution >= 4 is 5.91 Å². The van der Waals surface area contributed by atoms with Crippen LogP contribution in [0.1, 0.15) is 50.2 Å². The van der Waals surface area contributed by atoms with Gasteiger partial charge in [-0.3, -0.25) is 14.2 Å². The quantitative estimate of drug-likeness (QED) is 0.733. The van der Waals surface area contributed by atoms with Gasteiger partial charge in [-0.1, -0.05) is 62.9 Å². The van der Waals surface area contributed by atoms with E-state index in [0.717, 1.165) is 41.2 Å². The number of aromatic nitrogens is 2. The SMILES string of the molecule is CCCCCCCC(=O)n1cc(-c2ccccc2)c(=O)n(C)c1=O. The summed E-state index contributed by atoms with van der Waals surface area (Å²) in [5, 5.41) is 0. The molecular formula is C19H24N2O3. The smallest absolute Gasteiger partial charge is 0.274 e. The highest BCUT2D eigenvalue weighted by molar-refractivity contribution is 5.79. The van der Waals surface area contributed by atoms with Crippen LogP contribution < -0.4 is 11.2 Å². The fourth-order valence-corrected chi connectivity index (χ4v) is 2.66. The largest absolute Gasteiger partial charge is 0.337 e. The average molecular weight is 328 g/mol. The molecule has 128 valence electrons. The van der Waals surface area contributed by atoms with Crippen LogP contribution in [0, 0.1) is 0 Å². The third kappa shape index (κ3) is 4.10. The van der Waals surface area contributed by atoms with Crippen LogP contribution in [0.5, 0.6) is 0 Å². The molecule has 0 amide bonds. The van der Waals surface area contributed by atoms with Crippen LogP contribution in [-0.4, -0.2) is 15.0 Å². The first-order valence-corrected chi connectivity index (χ1v) is 8.47. The van der Waals surface area contributed by atoms with Crippen molar-refractivity contribution in [3.8, 4) is 11.1 Å². The third-order valence-electron chi connectivity index (χ3n) is 4.13. The molecule has 0 fully saturated rings. The van der Waals surface area contributed by atoms with Gasteiger partial charge in [-0.15, -0.1) is 0 Å². The summed E-state index contributed by atoms with van der Waals surface area (Å²) >= 11 is 0. The first-order valence-electron chi connectivity index (χ1n) is 8.47. The van der Waals surface area contributed by atoms with Gasteiger partial charge in [0, 0.05) is 19.7 Å². The number of benzene rings is 1. The standard InChI is InChI=1S/C19H24N2O3/c1-3-4-5-6-10-13-17(22)21-14-16(15-11-8-7-9-12-15)18(23)20(2)19(21)24/h7-9,11-12,14H,3-6,10,13H2,1-2H3. The summed E-state index contributed by atoms with van der Waals surface area (Å²) in [5.41, 5.74) is 0.0797. The third-order valence-corrected chi connectivity index (χ3v) is 4.13. The molecule has 0 saturated heterocycles. The van der Waals surface area contributed by atoms with E-state index in [1.165, 1.54) is 13.2 Å². The number of carbonyl (C=O) groups excluding carboxylic acids is 1. The van der Waals surface area contributed by atoms with Crippen LogP contribution in [0.15, 0.2) is 46.1 Å². The van der Waals surface area contributed by atoms with Gasteiger partial charge in [0.1, 0.15) is 0 Å². The van der Waals surface area contributed by atoms with Crippen LogP contribution in [0.25, 0.3) is 11.1 Å². The van der Waals surface area contributed by atoms with Crippen molar-refractivity contribution < 1.29 is 4.79 Å². The molecule has 0 atom stereocenters. The minimum absolute atomic E-state index is 0.260. The average Bonchev–Trinajstić information content (AvgIpc) is 2.60. The molecule has 24 heavy (non-hydrogen) atoms. The molecule has 0 N–H and O–H groups in total. The van der Waals surface area contributed by atoms with Crippen LogP contribution in [-0.2, 0) is 7.05 Å². The van der Waals surface area contributed by atoms with Crippen molar-refractivity contribution in [3.63, 3.8) is 0 Å². The van der Waals surface area contributed by atoms with Crippen molar-refractivity contribution in [1.29, 1.82) is 0 Å². The predicted octanol–water partition coefficient (Wildman–Crippen LogP) is 3.21. The second-order valence-corrected chi connectivity index (χ2v) is 5.98.